The molecule has 1 aromatic rings. The van der Waals surface area contributed by atoms with E-state index in [4.69, 9.17) is 0 Å². The van der Waals surface area contributed by atoms with E-state index in [1.165, 1.54) is 12.8 Å². The van der Waals surface area contributed by atoms with Crippen LogP contribution >= 0.6 is 11.3 Å². The minimum atomic E-state index is -0.393. The Morgan fingerprint density at radius 2 is 2.43 bits per heavy atom. The highest BCUT2D eigenvalue weighted by Crippen LogP contribution is 2.32. The van der Waals surface area contributed by atoms with E-state index in [0.717, 1.165) is 22.5 Å². The van der Waals surface area contributed by atoms with Crippen molar-refractivity contribution in [1.29, 1.82) is 0 Å². The summed E-state index contributed by atoms with van der Waals surface area (Å²) < 4.78 is 0. The van der Waals surface area contributed by atoms with Crippen molar-refractivity contribution in [3.63, 3.8) is 0 Å². The number of aliphatic hydroxyl groups is 1. The highest BCUT2D eigenvalue weighted by atomic mass is 32.1. The van der Waals surface area contributed by atoms with Crippen LogP contribution in [0.1, 0.15) is 30.7 Å². The summed E-state index contributed by atoms with van der Waals surface area (Å²) >= 11 is 1.58. The molecule has 1 aliphatic carbocycles. The van der Waals surface area contributed by atoms with Gasteiger partial charge in [-0.3, -0.25) is 0 Å². The smallest absolute Gasteiger partial charge is 0.185 e. The molecule has 1 fully saturated rings. The number of rotatable bonds is 4. The van der Waals surface area contributed by atoms with E-state index in [1.807, 2.05) is 0 Å². The van der Waals surface area contributed by atoms with Crippen LogP contribution in [0, 0.1) is 5.92 Å². The second kappa shape index (κ2) is 3.87. The Bertz CT molecular complexity index is 307. The normalized spacial score (nSPS) is 18.2. The van der Waals surface area contributed by atoms with Gasteiger partial charge in [0.2, 0.25) is 0 Å². The number of anilines is 1. The molecule has 0 amide bonds. The van der Waals surface area contributed by atoms with Gasteiger partial charge >= 0.3 is 0 Å². The molecule has 1 saturated carbocycles. The maximum absolute atomic E-state index is 9.36. The highest BCUT2D eigenvalue weighted by molar-refractivity contribution is 7.15. The Hall–Kier alpha value is -0.610. The van der Waals surface area contributed by atoms with Crippen molar-refractivity contribution in [2.24, 2.45) is 5.92 Å². The van der Waals surface area contributed by atoms with Crippen molar-refractivity contribution >= 4 is 16.5 Å². The lowest BCUT2D eigenvalue weighted by Gasteiger charge is -2.14. The molecular formula is C10H16N2OS. The number of thiazole rings is 1. The zero-order valence-electron chi connectivity index (χ0n) is 8.60. The number of hydrogen-bond donors (Lipinski definition) is 1. The third-order valence-electron chi connectivity index (χ3n) is 2.48. The van der Waals surface area contributed by atoms with E-state index < -0.39 is 6.10 Å². The maximum atomic E-state index is 9.36. The number of aliphatic hydroxyl groups excluding tert-OH is 1. The molecule has 1 N–H and O–H groups in total. The van der Waals surface area contributed by atoms with Crippen LogP contribution < -0.4 is 4.90 Å². The second-order valence-corrected chi connectivity index (χ2v) is 5.09. The summed E-state index contributed by atoms with van der Waals surface area (Å²) in [6.07, 6.45) is 4.10. The molecular weight excluding hydrogens is 196 g/mol. The van der Waals surface area contributed by atoms with E-state index >= 15 is 0 Å². The average molecular weight is 212 g/mol. The number of hydrogen-bond acceptors (Lipinski definition) is 4. The van der Waals surface area contributed by atoms with Gasteiger partial charge in [-0.25, -0.2) is 4.98 Å². The molecule has 4 heteroatoms. The standard InChI is InChI=1S/C10H16N2OS/c1-7(13)9-5-11-10(14-9)12(2)6-8-3-4-8/h5,7-8,13H,3-4,6H2,1-2H3. The fraction of sp³-hybridized carbons (Fsp3) is 0.700. The van der Waals surface area contributed by atoms with Gasteiger partial charge in [-0.05, 0) is 25.7 Å². The summed E-state index contributed by atoms with van der Waals surface area (Å²) in [4.78, 5) is 7.44. The summed E-state index contributed by atoms with van der Waals surface area (Å²) in [6, 6.07) is 0. The molecule has 2 rings (SSSR count). The number of aromatic nitrogens is 1. The Labute approximate surface area is 88.4 Å². The lowest BCUT2D eigenvalue weighted by Crippen LogP contribution is -2.19. The summed E-state index contributed by atoms with van der Waals surface area (Å²) in [7, 11) is 2.07. The fourth-order valence-corrected chi connectivity index (χ4v) is 2.23. The van der Waals surface area contributed by atoms with Gasteiger partial charge in [0.05, 0.1) is 11.0 Å². The minimum Gasteiger partial charge on any atom is -0.388 e. The van der Waals surface area contributed by atoms with Crippen molar-refractivity contribution in [3.05, 3.63) is 11.1 Å². The van der Waals surface area contributed by atoms with Crippen LogP contribution in [-0.4, -0.2) is 23.7 Å². The molecule has 0 radical (unpaired) electrons. The Morgan fingerprint density at radius 3 is 2.93 bits per heavy atom. The minimum absolute atomic E-state index is 0.393. The first-order valence-corrected chi connectivity index (χ1v) is 5.83. The Morgan fingerprint density at radius 1 is 1.71 bits per heavy atom. The van der Waals surface area contributed by atoms with Crippen LogP contribution in [0.25, 0.3) is 0 Å². The van der Waals surface area contributed by atoms with Crippen molar-refractivity contribution in [2.75, 3.05) is 18.5 Å². The van der Waals surface area contributed by atoms with Crippen LogP contribution in [0.2, 0.25) is 0 Å². The summed E-state index contributed by atoms with van der Waals surface area (Å²) in [5.41, 5.74) is 0. The van der Waals surface area contributed by atoms with Crippen LogP contribution in [0.4, 0.5) is 5.13 Å². The third-order valence-corrected chi connectivity index (χ3v) is 3.76. The van der Waals surface area contributed by atoms with Gasteiger partial charge in [-0.15, -0.1) is 0 Å². The molecule has 0 aliphatic heterocycles. The molecule has 1 heterocycles. The van der Waals surface area contributed by atoms with Crippen LogP contribution in [0.5, 0.6) is 0 Å². The number of nitrogens with zero attached hydrogens (tertiary/aromatic N) is 2. The molecule has 1 aromatic heterocycles. The summed E-state index contributed by atoms with van der Waals surface area (Å²) in [5.74, 6) is 0.874. The van der Waals surface area contributed by atoms with Gasteiger partial charge in [0, 0.05) is 19.8 Å². The van der Waals surface area contributed by atoms with Gasteiger partial charge in [0.1, 0.15) is 0 Å². The molecule has 0 spiro atoms. The van der Waals surface area contributed by atoms with E-state index in [1.54, 1.807) is 24.5 Å². The highest BCUT2D eigenvalue weighted by Gasteiger charge is 2.24. The van der Waals surface area contributed by atoms with Crippen LogP contribution in [0.15, 0.2) is 6.20 Å². The lowest BCUT2D eigenvalue weighted by atomic mass is 10.4. The monoisotopic (exact) mass is 212 g/mol. The van der Waals surface area contributed by atoms with Crippen LogP contribution in [0.3, 0.4) is 0 Å². The second-order valence-electron chi connectivity index (χ2n) is 4.05. The quantitative estimate of drug-likeness (QED) is 0.829. The van der Waals surface area contributed by atoms with Crippen LogP contribution in [-0.2, 0) is 0 Å². The first-order chi connectivity index (χ1) is 6.66. The molecule has 3 nitrogen and oxygen atoms in total. The molecule has 14 heavy (non-hydrogen) atoms. The molecule has 1 unspecified atom stereocenters. The van der Waals surface area contributed by atoms with E-state index in [0.29, 0.717) is 0 Å². The van der Waals surface area contributed by atoms with Crippen molar-refractivity contribution in [2.45, 2.75) is 25.9 Å². The molecule has 1 atom stereocenters. The van der Waals surface area contributed by atoms with Crippen molar-refractivity contribution in [3.8, 4) is 0 Å². The zero-order valence-corrected chi connectivity index (χ0v) is 9.42. The predicted octanol–water partition coefficient (Wildman–Crippen LogP) is 2.04. The maximum Gasteiger partial charge on any atom is 0.185 e. The fourth-order valence-electron chi connectivity index (χ4n) is 1.41. The molecule has 0 saturated heterocycles. The average Bonchev–Trinajstić information content (AvgIpc) is 2.81. The van der Waals surface area contributed by atoms with Crippen molar-refractivity contribution < 1.29 is 5.11 Å². The molecule has 78 valence electrons. The Balaban J connectivity index is 1.99. The summed E-state index contributed by atoms with van der Waals surface area (Å²) in [5, 5.41) is 10.4. The molecule has 0 aromatic carbocycles. The van der Waals surface area contributed by atoms with E-state index in [-0.39, 0.29) is 0 Å². The Kier molecular flexibility index (Phi) is 2.74. The van der Waals surface area contributed by atoms with Gasteiger partial charge in [0.15, 0.2) is 5.13 Å². The molecule has 0 bridgehead atoms. The lowest BCUT2D eigenvalue weighted by molar-refractivity contribution is 0.203. The predicted molar refractivity (Wildman–Crippen MR) is 58.7 cm³/mol. The van der Waals surface area contributed by atoms with Gasteiger partial charge < -0.3 is 10.0 Å². The summed E-state index contributed by atoms with van der Waals surface area (Å²) in [6.45, 7) is 2.88. The zero-order chi connectivity index (χ0) is 10.1. The van der Waals surface area contributed by atoms with Crippen molar-refractivity contribution in [1.82, 2.24) is 4.98 Å². The SMILES string of the molecule is CC(O)c1cnc(N(C)CC2CC2)s1. The third kappa shape index (κ3) is 2.25. The van der Waals surface area contributed by atoms with Gasteiger partial charge in [0.25, 0.3) is 0 Å². The van der Waals surface area contributed by atoms with Gasteiger partial charge in [-0.1, -0.05) is 11.3 Å². The largest absolute Gasteiger partial charge is 0.388 e. The first kappa shape index (κ1) is 9.93. The van der Waals surface area contributed by atoms with Gasteiger partial charge in [-0.2, -0.15) is 0 Å². The van der Waals surface area contributed by atoms with E-state index in [2.05, 4.69) is 16.9 Å². The topological polar surface area (TPSA) is 36.4 Å². The van der Waals surface area contributed by atoms with E-state index in [9.17, 15) is 5.11 Å². The first-order valence-electron chi connectivity index (χ1n) is 5.01. The molecule has 1 aliphatic rings.